The summed E-state index contributed by atoms with van der Waals surface area (Å²) >= 11 is 0. The summed E-state index contributed by atoms with van der Waals surface area (Å²) in [7, 11) is 0.647. The third-order valence-corrected chi connectivity index (χ3v) is 5.66. The Kier molecular flexibility index (Phi) is 4.77. The number of amides is 1. The fourth-order valence-electron chi connectivity index (χ4n) is 3.12. The second-order valence-corrected chi connectivity index (χ2v) is 7.78. The van der Waals surface area contributed by atoms with Gasteiger partial charge in [-0.05, 0) is 29.8 Å². The van der Waals surface area contributed by atoms with Gasteiger partial charge in [0, 0.05) is 16.4 Å². The lowest BCUT2D eigenvalue weighted by Gasteiger charge is -2.11. The molecule has 3 aromatic rings. The van der Waals surface area contributed by atoms with Crippen LogP contribution in [0.1, 0.15) is 16.8 Å². The summed E-state index contributed by atoms with van der Waals surface area (Å²) < 4.78 is 18.8. The molecule has 1 aliphatic heterocycles. The van der Waals surface area contributed by atoms with E-state index in [2.05, 4.69) is 10.4 Å². The number of nitrogens with zero attached hydrogens (tertiary/aromatic N) is 2. The van der Waals surface area contributed by atoms with Crippen LogP contribution < -0.4 is 10.1 Å². The molecule has 0 aliphatic carbocycles. The Balaban J connectivity index is 1.60. The monoisotopic (exact) mass is 381 g/mol. The number of benzene rings is 2. The molecule has 0 radical (unpaired) electrons. The fraction of sp³-hybridized carbons (Fsp3) is 0.200. The first-order valence-corrected chi connectivity index (χ1v) is 10.1. The topological polar surface area (TPSA) is 73.2 Å². The van der Waals surface area contributed by atoms with Gasteiger partial charge in [0.15, 0.2) is 0 Å². The van der Waals surface area contributed by atoms with Crippen molar-refractivity contribution in [2.24, 2.45) is 0 Å². The number of nitrogens with one attached hydrogen (secondary N) is 1. The van der Waals surface area contributed by atoms with Gasteiger partial charge in [0.05, 0.1) is 36.4 Å². The Hall–Kier alpha value is -2.93. The van der Waals surface area contributed by atoms with Crippen LogP contribution in [-0.2, 0) is 33.5 Å². The Labute approximate surface area is 159 Å². The maximum atomic E-state index is 12.6. The van der Waals surface area contributed by atoms with Crippen molar-refractivity contribution in [3.8, 4) is 11.4 Å². The van der Waals surface area contributed by atoms with E-state index in [0.29, 0.717) is 17.3 Å². The Morgan fingerprint density at radius 2 is 1.89 bits per heavy atom. The first kappa shape index (κ1) is 17.5. The van der Waals surface area contributed by atoms with Gasteiger partial charge in [0.1, 0.15) is 11.6 Å². The number of para-hydroxylation sites is 1. The highest BCUT2D eigenvalue weighted by Gasteiger charge is 2.28. The molecule has 1 aliphatic rings. The quantitative estimate of drug-likeness (QED) is 0.738. The molecule has 7 heteroatoms. The number of ether oxygens (including phenoxy) is 1. The fourth-order valence-corrected chi connectivity index (χ4v) is 4.38. The van der Waals surface area contributed by atoms with E-state index in [9.17, 15) is 9.00 Å². The summed E-state index contributed by atoms with van der Waals surface area (Å²) in [4.78, 5) is 12.6. The first-order valence-electron chi connectivity index (χ1n) is 8.58. The maximum Gasteiger partial charge on any atom is 0.229 e. The first-order chi connectivity index (χ1) is 13.1. The molecule has 2 aromatic carbocycles. The molecule has 1 N–H and O–H groups in total. The lowest BCUT2D eigenvalue weighted by atomic mass is 10.1. The van der Waals surface area contributed by atoms with Gasteiger partial charge in [0.25, 0.3) is 0 Å². The smallest absolute Gasteiger partial charge is 0.229 e. The lowest BCUT2D eigenvalue weighted by Crippen LogP contribution is -2.18. The van der Waals surface area contributed by atoms with Crippen molar-refractivity contribution < 1.29 is 13.7 Å². The molecule has 1 atom stereocenters. The number of hydrogen-bond acceptors (Lipinski definition) is 4. The summed E-state index contributed by atoms with van der Waals surface area (Å²) in [6, 6.07) is 17.0. The predicted octanol–water partition coefficient (Wildman–Crippen LogP) is 2.82. The van der Waals surface area contributed by atoms with E-state index in [0.717, 1.165) is 28.3 Å². The normalized spacial score (nSPS) is 15.4. The molecule has 1 aromatic heterocycles. The minimum Gasteiger partial charge on any atom is -0.497 e. The van der Waals surface area contributed by atoms with Crippen LogP contribution in [-0.4, -0.2) is 27.0 Å². The number of carbonyl (C=O) groups excluding carboxylic acids is 1. The van der Waals surface area contributed by atoms with E-state index < -0.39 is 10.8 Å². The molecular formula is C20H19N3O3S. The van der Waals surface area contributed by atoms with E-state index >= 15 is 0 Å². The largest absolute Gasteiger partial charge is 0.497 e. The molecule has 2 heterocycles. The van der Waals surface area contributed by atoms with Crippen LogP contribution in [0.5, 0.6) is 5.75 Å². The second-order valence-electron chi connectivity index (χ2n) is 6.32. The van der Waals surface area contributed by atoms with Gasteiger partial charge >= 0.3 is 0 Å². The number of carbonyl (C=O) groups is 1. The molecule has 6 nitrogen and oxygen atoms in total. The van der Waals surface area contributed by atoms with Gasteiger partial charge in [-0.1, -0.05) is 30.3 Å². The summed E-state index contributed by atoms with van der Waals surface area (Å²) in [5.41, 5.74) is 3.40. The van der Waals surface area contributed by atoms with Crippen molar-refractivity contribution >= 4 is 22.5 Å². The van der Waals surface area contributed by atoms with Gasteiger partial charge in [-0.15, -0.1) is 0 Å². The van der Waals surface area contributed by atoms with Crippen LogP contribution in [0.15, 0.2) is 54.6 Å². The number of rotatable bonds is 5. The van der Waals surface area contributed by atoms with Crippen molar-refractivity contribution in [1.82, 2.24) is 9.78 Å². The maximum absolute atomic E-state index is 12.6. The lowest BCUT2D eigenvalue weighted by molar-refractivity contribution is -0.115. The van der Waals surface area contributed by atoms with Gasteiger partial charge in [-0.25, -0.2) is 4.68 Å². The molecule has 0 spiro atoms. The zero-order valence-electron chi connectivity index (χ0n) is 14.8. The van der Waals surface area contributed by atoms with Crippen LogP contribution in [0.4, 0.5) is 5.82 Å². The summed E-state index contributed by atoms with van der Waals surface area (Å²) in [6.07, 6.45) is 0.238. The van der Waals surface area contributed by atoms with E-state index in [-0.39, 0.29) is 12.3 Å². The highest BCUT2D eigenvalue weighted by atomic mass is 32.2. The van der Waals surface area contributed by atoms with Crippen molar-refractivity contribution in [1.29, 1.82) is 0 Å². The average Bonchev–Trinajstić information content (AvgIpc) is 3.20. The van der Waals surface area contributed by atoms with Crippen LogP contribution in [0.3, 0.4) is 0 Å². The predicted molar refractivity (Wildman–Crippen MR) is 104 cm³/mol. The standard InChI is InChI=1S/C20H19N3O3S/c1-26-16-9-7-14(8-10-16)11-19(24)21-20-17-12-27(25)13-18(17)22-23(20)15-5-3-2-4-6-15/h2-10H,11-13H2,1H3,(H,21,24)/t27-/m0/s1. The van der Waals surface area contributed by atoms with Crippen molar-refractivity contribution in [3.63, 3.8) is 0 Å². The molecule has 27 heavy (non-hydrogen) atoms. The number of fused-ring (bicyclic) bond motifs is 1. The zero-order valence-corrected chi connectivity index (χ0v) is 15.7. The molecule has 0 fully saturated rings. The van der Waals surface area contributed by atoms with Gasteiger partial charge in [-0.2, -0.15) is 5.10 Å². The van der Waals surface area contributed by atoms with Gasteiger partial charge in [0.2, 0.25) is 5.91 Å². The molecule has 0 bridgehead atoms. The van der Waals surface area contributed by atoms with Crippen LogP contribution in [0.25, 0.3) is 5.69 Å². The molecule has 4 rings (SSSR count). The Morgan fingerprint density at radius 1 is 1.15 bits per heavy atom. The third kappa shape index (κ3) is 3.64. The molecular weight excluding hydrogens is 362 g/mol. The summed E-state index contributed by atoms with van der Waals surface area (Å²) in [5.74, 6) is 2.07. The highest BCUT2D eigenvalue weighted by Crippen LogP contribution is 2.31. The SMILES string of the molecule is COc1ccc(CC(=O)Nc2c3c(nn2-c2ccccc2)C[S@@](=O)C3)cc1. The van der Waals surface area contributed by atoms with E-state index in [4.69, 9.17) is 4.74 Å². The van der Waals surface area contributed by atoms with Gasteiger partial charge in [-0.3, -0.25) is 9.00 Å². The summed E-state index contributed by atoms with van der Waals surface area (Å²) in [6.45, 7) is 0. The highest BCUT2D eigenvalue weighted by molar-refractivity contribution is 7.83. The zero-order chi connectivity index (χ0) is 18.8. The molecule has 138 valence electrons. The van der Waals surface area contributed by atoms with E-state index in [1.165, 1.54) is 0 Å². The molecule has 0 saturated heterocycles. The van der Waals surface area contributed by atoms with Crippen LogP contribution >= 0.6 is 0 Å². The van der Waals surface area contributed by atoms with Crippen LogP contribution in [0, 0.1) is 0 Å². The minimum atomic E-state index is -0.961. The average molecular weight is 381 g/mol. The van der Waals surface area contributed by atoms with Crippen molar-refractivity contribution in [2.45, 2.75) is 17.9 Å². The second kappa shape index (κ2) is 7.36. The third-order valence-electron chi connectivity index (χ3n) is 4.45. The summed E-state index contributed by atoms with van der Waals surface area (Å²) in [5, 5.41) is 7.57. The number of aromatic nitrogens is 2. The van der Waals surface area contributed by atoms with Gasteiger partial charge < -0.3 is 10.1 Å². The number of hydrogen-bond donors (Lipinski definition) is 1. The number of anilines is 1. The minimum absolute atomic E-state index is 0.141. The number of methoxy groups -OCH3 is 1. The van der Waals surface area contributed by atoms with E-state index in [1.807, 2.05) is 54.6 Å². The molecule has 0 unspecified atom stereocenters. The molecule has 0 saturated carbocycles. The van der Waals surface area contributed by atoms with Crippen LogP contribution in [0.2, 0.25) is 0 Å². The molecule has 1 amide bonds. The Bertz CT molecular complexity index is 997. The van der Waals surface area contributed by atoms with Crippen molar-refractivity contribution in [3.05, 3.63) is 71.4 Å². The van der Waals surface area contributed by atoms with Crippen molar-refractivity contribution in [2.75, 3.05) is 12.4 Å². The van der Waals surface area contributed by atoms with E-state index in [1.54, 1.807) is 11.8 Å². The Morgan fingerprint density at radius 3 is 2.59 bits per heavy atom.